The van der Waals surface area contributed by atoms with Gasteiger partial charge in [-0.25, -0.2) is 4.79 Å². The Hall–Kier alpha value is -1.53. The zero-order valence-corrected chi connectivity index (χ0v) is 11.9. The third-order valence-electron chi connectivity index (χ3n) is 3.33. The minimum atomic E-state index is -1.54. The third-order valence-corrected chi connectivity index (χ3v) is 3.33. The molecule has 6 heteroatoms. The van der Waals surface area contributed by atoms with Gasteiger partial charge < -0.3 is 19.7 Å². The lowest BCUT2D eigenvalue weighted by Gasteiger charge is -2.22. The minimum Gasteiger partial charge on any atom is -0.459 e. The summed E-state index contributed by atoms with van der Waals surface area (Å²) in [5, 5.41) is 18.9. The Morgan fingerprint density at radius 1 is 1.30 bits per heavy atom. The van der Waals surface area contributed by atoms with E-state index >= 15 is 0 Å². The highest BCUT2D eigenvalue weighted by atomic mass is 16.5. The first-order valence-corrected chi connectivity index (χ1v) is 6.95. The van der Waals surface area contributed by atoms with E-state index in [0.717, 1.165) is 25.9 Å². The van der Waals surface area contributed by atoms with Crippen LogP contribution in [0.4, 0.5) is 5.69 Å². The van der Waals surface area contributed by atoms with Crippen molar-refractivity contribution in [1.82, 2.24) is 0 Å². The van der Waals surface area contributed by atoms with E-state index < -0.39 is 7.12 Å². The second-order valence-corrected chi connectivity index (χ2v) is 5.30. The lowest BCUT2D eigenvalue weighted by molar-refractivity contribution is 0.0378. The maximum absolute atomic E-state index is 11.9. The Kier molecular flexibility index (Phi) is 4.67. The fourth-order valence-electron chi connectivity index (χ4n) is 2.40. The van der Waals surface area contributed by atoms with Gasteiger partial charge in [0.2, 0.25) is 0 Å². The van der Waals surface area contributed by atoms with Gasteiger partial charge in [-0.2, -0.15) is 0 Å². The summed E-state index contributed by atoms with van der Waals surface area (Å²) in [5.74, 6) is -0.389. The molecule has 0 bridgehead atoms. The smallest absolute Gasteiger partial charge is 0.459 e. The molecule has 5 nitrogen and oxygen atoms in total. The summed E-state index contributed by atoms with van der Waals surface area (Å²) in [6.07, 6.45) is 1.96. The lowest BCUT2D eigenvalue weighted by atomic mass is 9.78. The van der Waals surface area contributed by atoms with Crippen molar-refractivity contribution in [2.24, 2.45) is 0 Å². The van der Waals surface area contributed by atoms with E-state index in [1.807, 2.05) is 0 Å². The topological polar surface area (TPSA) is 70.0 Å². The van der Waals surface area contributed by atoms with Crippen LogP contribution in [0.5, 0.6) is 0 Å². The largest absolute Gasteiger partial charge is 0.490 e. The van der Waals surface area contributed by atoms with E-state index in [9.17, 15) is 14.8 Å². The van der Waals surface area contributed by atoms with Crippen LogP contribution in [0.1, 0.15) is 37.0 Å². The quantitative estimate of drug-likeness (QED) is 0.620. The first-order chi connectivity index (χ1) is 9.49. The maximum atomic E-state index is 11.9. The normalized spacial score (nSPS) is 14.8. The van der Waals surface area contributed by atoms with E-state index in [1.54, 1.807) is 32.0 Å². The van der Waals surface area contributed by atoms with E-state index in [4.69, 9.17) is 4.74 Å². The zero-order valence-electron chi connectivity index (χ0n) is 11.9. The van der Waals surface area contributed by atoms with Gasteiger partial charge in [0, 0.05) is 24.2 Å². The van der Waals surface area contributed by atoms with Crippen molar-refractivity contribution >= 4 is 24.2 Å². The molecule has 1 saturated heterocycles. The molecule has 0 aliphatic carbocycles. The van der Waals surface area contributed by atoms with Crippen LogP contribution in [0.2, 0.25) is 0 Å². The fraction of sp³-hybridized carbons (Fsp3) is 0.500. The summed E-state index contributed by atoms with van der Waals surface area (Å²) in [5.41, 5.74) is 1.56. The van der Waals surface area contributed by atoms with Crippen LogP contribution in [0, 0.1) is 0 Å². The van der Waals surface area contributed by atoms with Crippen molar-refractivity contribution in [3.05, 3.63) is 23.8 Å². The SMILES string of the molecule is CC(C)OC(=O)c1ccc(B(O)O)c(N2CCCC2)c1. The van der Waals surface area contributed by atoms with Crippen LogP contribution in [-0.2, 0) is 4.74 Å². The summed E-state index contributed by atoms with van der Waals surface area (Å²) in [7, 11) is -1.54. The first kappa shape index (κ1) is 14.9. The van der Waals surface area contributed by atoms with E-state index in [2.05, 4.69) is 4.90 Å². The second kappa shape index (κ2) is 6.28. The van der Waals surface area contributed by atoms with E-state index in [0.29, 0.717) is 16.7 Å². The van der Waals surface area contributed by atoms with E-state index in [1.165, 1.54) is 0 Å². The molecule has 1 aliphatic heterocycles. The van der Waals surface area contributed by atoms with Gasteiger partial charge in [0.1, 0.15) is 0 Å². The van der Waals surface area contributed by atoms with Crippen molar-refractivity contribution < 1.29 is 19.6 Å². The molecule has 1 aromatic rings. The molecule has 0 amide bonds. The third kappa shape index (κ3) is 3.32. The molecule has 0 saturated carbocycles. The summed E-state index contributed by atoms with van der Waals surface area (Å²) < 4.78 is 5.17. The van der Waals surface area contributed by atoms with Gasteiger partial charge in [-0.1, -0.05) is 6.07 Å². The maximum Gasteiger partial charge on any atom is 0.490 e. The highest BCUT2D eigenvalue weighted by molar-refractivity contribution is 6.60. The first-order valence-electron chi connectivity index (χ1n) is 6.95. The Labute approximate surface area is 119 Å². The standard InChI is InChI=1S/C14H20BNO4/c1-10(2)20-14(17)11-5-6-12(15(18)19)13(9-11)16-7-3-4-8-16/h5-6,9-10,18-19H,3-4,7-8H2,1-2H3. The van der Waals surface area contributed by atoms with Gasteiger partial charge in [0.25, 0.3) is 0 Å². The predicted octanol–water partition coefficient (Wildman–Crippen LogP) is 0.532. The molecule has 20 heavy (non-hydrogen) atoms. The molecule has 108 valence electrons. The zero-order chi connectivity index (χ0) is 14.7. The molecule has 1 fully saturated rings. The molecule has 0 radical (unpaired) electrons. The van der Waals surface area contributed by atoms with Gasteiger partial charge >= 0.3 is 13.1 Å². The minimum absolute atomic E-state index is 0.180. The van der Waals surface area contributed by atoms with Crippen LogP contribution >= 0.6 is 0 Å². The van der Waals surface area contributed by atoms with Crippen LogP contribution in [0.25, 0.3) is 0 Å². The molecule has 0 spiro atoms. The van der Waals surface area contributed by atoms with Crippen molar-refractivity contribution in [3.8, 4) is 0 Å². The van der Waals surface area contributed by atoms with Crippen molar-refractivity contribution in [2.75, 3.05) is 18.0 Å². The highest BCUT2D eigenvalue weighted by Crippen LogP contribution is 2.20. The van der Waals surface area contributed by atoms with Crippen LogP contribution in [0.3, 0.4) is 0 Å². The monoisotopic (exact) mass is 277 g/mol. The van der Waals surface area contributed by atoms with Gasteiger partial charge in [-0.3, -0.25) is 0 Å². The van der Waals surface area contributed by atoms with Gasteiger partial charge in [-0.05, 0) is 38.8 Å². The lowest BCUT2D eigenvalue weighted by Crippen LogP contribution is -2.36. The number of carbonyl (C=O) groups is 1. The summed E-state index contributed by atoms with van der Waals surface area (Å²) >= 11 is 0. The molecule has 0 unspecified atom stereocenters. The fourth-order valence-corrected chi connectivity index (χ4v) is 2.40. The van der Waals surface area contributed by atoms with Crippen molar-refractivity contribution in [3.63, 3.8) is 0 Å². The summed E-state index contributed by atoms with van der Waals surface area (Å²) in [6, 6.07) is 4.83. The van der Waals surface area contributed by atoms with Crippen LogP contribution in [-0.4, -0.2) is 42.3 Å². The van der Waals surface area contributed by atoms with Crippen LogP contribution < -0.4 is 10.4 Å². The predicted molar refractivity (Wildman–Crippen MR) is 78.3 cm³/mol. The highest BCUT2D eigenvalue weighted by Gasteiger charge is 2.24. The molecule has 2 N–H and O–H groups in total. The number of benzene rings is 1. The number of hydrogen-bond donors (Lipinski definition) is 2. The van der Waals surface area contributed by atoms with Gasteiger partial charge in [0.15, 0.2) is 0 Å². The Bertz CT molecular complexity index is 484. The molecular formula is C14H20BNO4. The Morgan fingerprint density at radius 2 is 1.95 bits per heavy atom. The van der Waals surface area contributed by atoms with Crippen LogP contribution in [0.15, 0.2) is 18.2 Å². The molecule has 0 atom stereocenters. The molecule has 1 aromatic carbocycles. The molecular weight excluding hydrogens is 257 g/mol. The Morgan fingerprint density at radius 3 is 2.50 bits per heavy atom. The Balaban J connectivity index is 2.32. The molecule has 1 heterocycles. The number of ether oxygens (including phenoxy) is 1. The molecule has 1 aliphatic rings. The number of nitrogens with zero attached hydrogens (tertiary/aromatic N) is 1. The molecule has 2 rings (SSSR count). The second-order valence-electron chi connectivity index (χ2n) is 5.30. The number of hydrogen-bond acceptors (Lipinski definition) is 5. The van der Waals surface area contributed by atoms with Crippen molar-refractivity contribution in [1.29, 1.82) is 0 Å². The number of rotatable bonds is 4. The van der Waals surface area contributed by atoms with Crippen molar-refractivity contribution in [2.45, 2.75) is 32.8 Å². The van der Waals surface area contributed by atoms with Gasteiger partial charge in [0.05, 0.1) is 11.7 Å². The molecule has 0 aromatic heterocycles. The summed E-state index contributed by atoms with van der Waals surface area (Å²) in [4.78, 5) is 14.0. The number of anilines is 1. The average molecular weight is 277 g/mol. The van der Waals surface area contributed by atoms with Gasteiger partial charge in [-0.15, -0.1) is 0 Å². The van der Waals surface area contributed by atoms with E-state index in [-0.39, 0.29) is 12.1 Å². The number of carbonyl (C=O) groups excluding carboxylic acids is 1. The average Bonchev–Trinajstić information content (AvgIpc) is 2.90. The number of esters is 1. The summed E-state index contributed by atoms with van der Waals surface area (Å²) in [6.45, 7) is 5.32.